The van der Waals surface area contributed by atoms with E-state index in [9.17, 15) is 4.79 Å². The Bertz CT molecular complexity index is 220. The summed E-state index contributed by atoms with van der Waals surface area (Å²) >= 11 is 0. The normalized spacial score (nSPS) is 21.8. The van der Waals surface area contributed by atoms with Crippen LogP contribution in [-0.4, -0.2) is 25.5 Å². The van der Waals surface area contributed by atoms with Crippen molar-refractivity contribution in [2.45, 2.75) is 46.5 Å². The van der Waals surface area contributed by atoms with Crippen molar-refractivity contribution >= 4 is 5.91 Å². The quantitative estimate of drug-likeness (QED) is 0.703. The highest BCUT2D eigenvalue weighted by atomic mass is 16.2. The van der Waals surface area contributed by atoms with E-state index in [4.69, 9.17) is 0 Å². The number of amides is 1. The molecule has 1 fully saturated rings. The maximum Gasteiger partial charge on any atom is 0.225 e. The minimum Gasteiger partial charge on any atom is -0.356 e. The Labute approximate surface area is 99.4 Å². The summed E-state index contributed by atoms with van der Waals surface area (Å²) in [7, 11) is 0. The van der Waals surface area contributed by atoms with Gasteiger partial charge in [-0.25, -0.2) is 0 Å². The van der Waals surface area contributed by atoms with Gasteiger partial charge in [-0.2, -0.15) is 0 Å². The maximum absolute atomic E-state index is 12.1. The number of hydrogen-bond acceptors (Lipinski definition) is 2. The molecule has 1 unspecified atom stereocenters. The number of piperidine rings is 1. The molecule has 0 saturated carbocycles. The molecule has 1 aliphatic heterocycles. The van der Waals surface area contributed by atoms with Gasteiger partial charge < -0.3 is 10.6 Å². The Morgan fingerprint density at radius 1 is 1.50 bits per heavy atom. The van der Waals surface area contributed by atoms with Gasteiger partial charge in [0.15, 0.2) is 0 Å². The van der Waals surface area contributed by atoms with E-state index in [-0.39, 0.29) is 11.3 Å². The molecule has 1 rings (SSSR count). The second-order valence-electron chi connectivity index (χ2n) is 5.37. The van der Waals surface area contributed by atoms with Crippen LogP contribution in [0.2, 0.25) is 0 Å². The lowest BCUT2D eigenvalue weighted by Gasteiger charge is -2.36. The van der Waals surface area contributed by atoms with E-state index in [0.29, 0.717) is 5.92 Å². The number of carbonyl (C=O) groups is 1. The highest BCUT2D eigenvalue weighted by molar-refractivity contribution is 5.82. The van der Waals surface area contributed by atoms with Crippen molar-refractivity contribution in [3.05, 3.63) is 0 Å². The highest BCUT2D eigenvalue weighted by Crippen LogP contribution is 2.31. The molecule has 0 aromatic heterocycles. The minimum atomic E-state index is -0.235. The Morgan fingerprint density at radius 2 is 2.25 bits per heavy atom. The van der Waals surface area contributed by atoms with Crippen molar-refractivity contribution < 1.29 is 4.79 Å². The molecule has 0 aromatic carbocycles. The van der Waals surface area contributed by atoms with Crippen LogP contribution in [0.25, 0.3) is 0 Å². The summed E-state index contributed by atoms with van der Waals surface area (Å²) in [5.74, 6) is 0.692. The number of carbonyl (C=O) groups excluding carboxylic acids is 1. The van der Waals surface area contributed by atoms with Crippen LogP contribution < -0.4 is 10.6 Å². The maximum atomic E-state index is 12.1. The number of hydrogen-bond donors (Lipinski definition) is 2. The van der Waals surface area contributed by atoms with Crippen LogP contribution in [-0.2, 0) is 4.79 Å². The molecule has 0 radical (unpaired) electrons. The highest BCUT2D eigenvalue weighted by Gasteiger charge is 2.36. The Balaban J connectivity index is 2.43. The summed E-state index contributed by atoms with van der Waals surface area (Å²) in [5.41, 5.74) is -0.235. The summed E-state index contributed by atoms with van der Waals surface area (Å²) < 4.78 is 0. The number of unbranched alkanes of at least 4 members (excludes halogenated alkanes) is 1. The average Bonchev–Trinajstić information content (AvgIpc) is 2.30. The molecule has 3 nitrogen and oxygen atoms in total. The zero-order valence-corrected chi connectivity index (χ0v) is 10.9. The van der Waals surface area contributed by atoms with Crippen LogP contribution >= 0.6 is 0 Å². The standard InChI is InChI=1S/C13H26N2O/c1-4-5-9-15-12(16)13(2,3)11-7-6-8-14-10-11/h11,14H,4-10H2,1-3H3,(H,15,16). The first-order valence-corrected chi connectivity index (χ1v) is 6.58. The Hall–Kier alpha value is -0.570. The zero-order valence-electron chi connectivity index (χ0n) is 10.9. The van der Waals surface area contributed by atoms with E-state index in [1.807, 2.05) is 0 Å². The predicted octanol–water partition coefficient (Wildman–Crippen LogP) is 1.93. The first-order valence-electron chi connectivity index (χ1n) is 6.58. The zero-order chi connectivity index (χ0) is 12.0. The van der Waals surface area contributed by atoms with Gasteiger partial charge in [-0.3, -0.25) is 4.79 Å². The van der Waals surface area contributed by atoms with Crippen LogP contribution in [0.1, 0.15) is 46.5 Å². The fraction of sp³-hybridized carbons (Fsp3) is 0.923. The SMILES string of the molecule is CCCCNC(=O)C(C)(C)C1CCCNC1. The lowest BCUT2D eigenvalue weighted by atomic mass is 9.74. The van der Waals surface area contributed by atoms with Gasteiger partial charge in [0.25, 0.3) is 0 Å². The van der Waals surface area contributed by atoms with Gasteiger partial charge in [-0.15, -0.1) is 0 Å². The van der Waals surface area contributed by atoms with Crippen LogP contribution in [0, 0.1) is 11.3 Å². The molecule has 16 heavy (non-hydrogen) atoms. The number of rotatable bonds is 5. The Kier molecular flexibility index (Phi) is 5.26. The first-order chi connectivity index (χ1) is 7.59. The summed E-state index contributed by atoms with van der Waals surface area (Å²) in [6.07, 6.45) is 4.56. The van der Waals surface area contributed by atoms with Crippen LogP contribution in [0.4, 0.5) is 0 Å². The summed E-state index contributed by atoms with van der Waals surface area (Å²) in [6.45, 7) is 9.19. The van der Waals surface area contributed by atoms with E-state index in [1.54, 1.807) is 0 Å². The lowest BCUT2D eigenvalue weighted by Crippen LogP contribution is -2.47. The third-order valence-electron chi connectivity index (χ3n) is 3.72. The van der Waals surface area contributed by atoms with Crippen molar-refractivity contribution in [3.63, 3.8) is 0 Å². The second-order valence-corrected chi connectivity index (χ2v) is 5.37. The third kappa shape index (κ3) is 3.48. The molecule has 0 aromatic rings. The summed E-state index contributed by atoms with van der Waals surface area (Å²) in [5, 5.41) is 6.44. The molecule has 0 spiro atoms. The van der Waals surface area contributed by atoms with E-state index < -0.39 is 0 Å². The monoisotopic (exact) mass is 226 g/mol. The van der Waals surface area contributed by atoms with Gasteiger partial charge in [-0.1, -0.05) is 27.2 Å². The smallest absolute Gasteiger partial charge is 0.225 e. The molecule has 94 valence electrons. The van der Waals surface area contributed by atoms with Gasteiger partial charge >= 0.3 is 0 Å². The minimum absolute atomic E-state index is 0.217. The Morgan fingerprint density at radius 3 is 2.81 bits per heavy atom. The molecular weight excluding hydrogens is 200 g/mol. The fourth-order valence-electron chi connectivity index (χ4n) is 2.26. The topological polar surface area (TPSA) is 41.1 Å². The van der Waals surface area contributed by atoms with Gasteiger partial charge in [0.05, 0.1) is 0 Å². The van der Waals surface area contributed by atoms with Crippen molar-refractivity contribution in [3.8, 4) is 0 Å². The fourth-order valence-corrected chi connectivity index (χ4v) is 2.26. The molecule has 3 heteroatoms. The van der Waals surface area contributed by atoms with Crippen molar-refractivity contribution in [2.24, 2.45) is 11.3 Å². The van der Waals surface area contributed by atoms with Gasteiger partial charge in [0, 0.05) is 12.0 Å². The van der Waals surface area contributed by atoms with E-state index in [1.165, 1.54) is 12.8 Å². The largest absolute Gasteiger partial charge is 0.356 e. The molecule has 1 aliphatic rings. The van der Waals surface area contributed by atoms with Crippen LogP contribution in [0.5, 0.6) is 0 Å². The van der Waals surface area contributed by atoms with E-state index >= 15 is 0 Å². The molecule has 0 aliphatic carbocycles. The van der Waals surface area contributed by atoms with Gasteiger partial charge in [-0.05, 0) is 38.3 Å². The van der Waals surface area contributed by atoms with Gasteiger partial charge in [0.2, 0.25) is 5.91 Å². The van der Waals surface area contributed by atoms with E-state index in [2.05, 4.69) is 31.4 Å². The second kappa shape index (κ2) is 6.24. The predicted molar refractivity (Wildman–Crippen MR) is 67.3 cm³/mol. The van der Waals surface area contributed by atoms with Crippen molar-refractivity contribution in [2.75, 3.05) is 19.6 Å². The summed E-state index contributed by atoms with van der Waals surface area (Å²) in [6, 6.07) is 0. The average molecular weight is 226 g/mol. The molecule has 1 saturated heterocycles. The molecular formula is C13H26N2O. The van der Waals surface area contributed by atoms with Crippen molar-refractivity contribution in [1.29, 1.82) is 0 Å². The molecule has 2 N–H and O–H groups in total. The first kappa shape index (κ1) is 13.5. The van der Waals surface area contributed by atoms with Crippen LogP contribution in [0.3, 0.4) is 0 Å². The third-order valence-corrected chi connectivity index (χ3v) is 3.72. The van der Waals surface area contributed by atoms with E-state index in [0.717, 1.165) is 32.5 Å². The van der Waals surface area contributed by atoms with Crippen LogP contribution in [0.15, 0.2) is 0 Å². The molecule has 1 amide bonds. The lowest BCUT2D eigenvalue weighted by molar-refractivity contribution is -0.132. The molecule has 0 bridgehead atoms. The van der Waals surface area contributed by atoms with Crippen molar-refractivity contribution in [1.82, 2.24) is 10.6 Å². The molecule has 1 heterocycles. The molecule has 1 atom stereocenters. The van der Waals surface area contributed by atoms with Gasteiger partial charge in [0.1, 0.15) is 0 Å². The summed E-state index contributed by atoms with van der Waals surface area (Å²) in [4.78, 5) is 12.1. The number of nitrogens with one attached hydrogen (secondary N) is 2.